The number of anilines is 1. The Morgan fingerprint density at radius 1 is 0.879 bits per heavy atom. The van der Waals surface area contributed by atoms with Gasteiger partial charge in [-0.1, -0.05) is 0 Å². The van der Waals surface area contributed by atoms with Gasteiger partial charge in [0, 0.05) is 19.6 Å². The normalized spacial score (nSPS) is 18.6. The van der Waals surface area contributed by atoms with Crippen molar-refractivity contribution in [3.05, 3.63) is 46.5 Å². The van der Waals surface area contributed by atoms with Crippen molar-refractivity contribution in [1.29, 1.82) is 0 Å². The van der Waals surface area contributed by atoms with Crippen molar-refractivity contribution in [2.45, 2.75) is 44.6 Å². The molecule has 1 fully saturated rings. The molecule has 2 aliphatic rings. The van der Waals surface area contributed by atoms with Crippen LogP contribution in [-0.4, -0.2) is 54.2 Å². The lowest BCUT2D eigenvalue weighted by Gasteiger charge is -2.31. The summed E-state index contributed by atoms with van der Waals surface area (Å²) in [5, 5.41) is 0. The van der Waals surface area contributed by atoms with Gasteiger partial charge in [-0.25, -0.2) is 16.8 Å². The third-order valence-electron chi connectivity index (χ3n) is 6.36. The van der Waals surface area contributed by atoms with Crippen LogP contribution in [0.2, 0.25) is 0 Å². The molecule has 180 valence electrons. The van der Waals surface area contributed by atoms with Crippen molar-refractivity contribution in [3.63, 3.8) is 0 Å². The molecule has 2 aliphatic heterocycles. The van der Waals surface area contributed by atoms with Gasteiger partial charge in [0.15, 0.2) is 11.5 Å². The van der Waals surface area contributed by atoms with E-state index in [-0.39, 0.29) is 17.2 Å². The second-order valence-corrected chi connectivity index (χ2v) is 12.5. The minimum atomic E-state index is -3.78. The molecule has 0 atom stereocenters. The van der Waals surface area contributed by atoms with Crippen molar-refractivity contribution < 1.29 is 26.3 Å². The summed E-state index contributed by atoms with van der Waals surface area (Å²) >= 11 is 0. The van der Waals surface area contributed by atoms with Crippen molar-refractivity contribution in [2.24, 2.45) is 0 Å². The zero-order chi connectivity index (χ0) is 24.0. The Morgan fingerprint density at radius 3 is 2.06 bits per heavy atom. The van der Waals surface area contributed by atoms with E-state index in [1.807, 2.05) is 12.1 Å². The van der Waals surface area contributed by atoms with E-state index in [0.29, 0.717) is 54.2 Å². The molecule has 2 aromatic carbocycles. The molecule has 4 rings (SSSR count). The number of methoxy groups -OCH3 is 2. The molecule has 0 amide bonds. The Hall–Kier alpha value is -2.30. The number of hydrogen-bond donors (Lipinski definition) is 0. The standard InChI is InChI=1S/C23H30N2O6S2/c1-16-11-20(25-8-5-6-10-32(25,26)27)12-17(2)23(16)33(28,29)24-9-7-18-13-21(30-3)22(31-4)14-19(18)15-24/h11-14H,5-10,15H2,1-4H3. The summed E-state index contributed by atoms with van der Waals surface area (Å²) < 4.78 is 66.0. The van der Waals surface area contributed by atoms with Crippen molar-refractivity contribution in [1.82, 2.24) is 4.31 Å². The SMILES string of the molecule is COc1cc2c(cc1OC)CN(S(=O)(=O)c1c(C)cc(N3CCCCS3(=O)=O)cc1C)CC2. The quantitative estimate of drug-likeness (QED) is 0.634. The molecule has 0 spiro atoms. The fourth-order valence-electron chi connectivity index (χ4n) is 4.75. The molecule has 0 aromatic heterocycles. The Labute approximate surface area is 196 Å². The maximum absolute atomic E-state index is 13.7. The van der Waals surface area contributed by atoms with Gasteiger partial charge in [-0.15, -0.1) is 0 Å². The van der Waals surface area contributed by atoms with Gasteiger partial charge in [-0.3, -0.25) is 4.31 Å². The summed E-state index contributed by atoms with van der Waals surface area (Å²) in [5.74, 6) is 1.31. The number of hydrogen-bond acceptors (Lipinski definition) is 6. The molecule has 0 saturated carbocycles. The van der Waals surface area contributed by atoms with Crippen molar-refractivity contribution >= 4 is 25.7 Å². The lowest BCUT2D eigenvalue weighted by molar-refractivity contribution is 0.348. The molecule has 0 aliphatic carbocycles. The van der Waals surface area contributed by atoms with E-state index in [4.69, 9.17) is 9.47 Å². The second kappa shape index (κ2) is 8.81. The molecule has 0 N–H and O–H groups in total. The highest BCUT2D eigenvalue weighted by Gasteiger charge is 2.33. The maximum atomic E-state index is 13.7. The average molecular weight is 495 g/mol. The van der Waals surface area contributed by atoms with Gasteiger partial charge >= 0.3 is 0 Å². The monoisotopic (exact) mass is 494 g/mol. The summed E-state index contributed by atoms with van der Waals surface area (Å²) in [5.41, 5.74) is 3.55. The molecule has 8 nitrogen and oxygen atoms in total. The molecule has 33 heavy (non-hydrogen) atoms. The zero-order valence-corrected chi connectivity index (χ0v) is 21.1. The van der Waals surface area contributed by atoms with Crippen LogP contribution >= 0.6 is 0 Å². The number of sulfonamides is 2. The molecule has 0 unspecified atom stereocenters. The molecule has 1 saturated heterocycles. The number of fused-ring (bicyclic) bond motifs is 1. The van der Waals surface area contributed by atoms with E-state index in [1.165, 1.54) is 8.61 Å². The second-order valence-electron chi connectivity index (χ2n) is 8.57. The minimum absolute atomic E-state index is 0.118. The Bertz CT molecular complexity index is 1270. The Balaban J connectivity index is 1.68. The summed E-state index contributed by atoms with van der Waals surface area (Å²) in [6.07, 6.45) is 2.01. The van der Waals surface area contributed by atoms with Gasteiger partial charge < -0.3 is 9.47 Å². The third-order valence-corrected chi connectivity index (χ3v) is 10.4. The first-order valence-electron chi connectivity index (χ1n) is 10.9. The number of aryl methyl sites for hydroxylation is 2. The number of ether oxygens (including phenoxy) is 2. The van der Waals surface area contributed by atoms with E-state index >= 15 is 0 Å². The molecule has 0 bridgehead atoms. The van der Waals surface area contributed by atoms with E-state index in [1.54, 1.807) is 40.2 Å². The highest BCUT2D eigenvalue weighted by Crippen LogP contribution is 2.36. The first kappa shape index (κ1) is 23.8. The zero-order valence-electron chi connectivity index (χ0n) is 19.4. The van der Waals surface area contributed by atoms with E-state index in [0.717, 1.165) is 17.5 Å². The van der Waals surface area contributed by atoms with Crippen LogP contribution in [0.5, 0.6) is 11.5 Å². The Morgan fingerprint density at radius 2 is 1.48 bits per heavy atom. The third kappa shape index (κ3) is 4.31. The first-order valence-corrected chi connectivity index (χ1v) is 14.0. The maximum Gasteiger partial charge on any atom is 0.243 e. The van der Waals surface area contributed by atoms with Gasteiger partial charge in [0.05, 0.1) is 30.6 Å². The largest absolute Gasteiger partial charge is 0.493 e. The van der Waals surface area contributed by atoms with Gasteiger partial charge in [-0.05, 0) is 79.6 Å². The van der Waals surface area contributed by atoms with Crippen LogP contribution in [0.25, 0.3) is 0 Å². The van der Waals surface area contributed by atoms with Crippen LogP contribution in [0.3, 0.4) is 0 Å². The highest BCUT2D eigenvalue weighted by molar-refractivity contribution is 7.92. The Kier molecular flexibility index (Phi) is 6.36. The molecule has 10 heteroatoms. The summed E-state index contributed by atoms with van der Waals surface area (Å²) in [6, 6.07) is 7.09. The number of rotatable bonds is 5. The summed E-state index contributed by atoms with van der Waals surface area (Å²) in [6.45, 7) is 4.46. The lowest BCUT2D eigenvalue weighted by Crippen LogP contribution is -2.38. The molecular formula is C23H30N2O6S2. The van der Waals surface area contributed by atoms with Crippen molar-refractivity contribution in [3.8, 4) is 11.5 Å². The minimum Gasteiger partial charge on any atom is -0.493 e. The number of benzene rings is 2. The van der Waals surface area contributed by atoms with Crippen LogP contribution in [0, 0.1) is 13.8 Å². The van der Waals surface area contributed by atoms with Crippen LogP contribution < -0.4 is 13.8 Å². The topological polar surface area (TPSA) is 93.2 Å². The molecular weight excluding hydrogens is 464 g/mol. The smallest absolute Gasteiger partial charge is 0.243 e. The van der Waals surface area contributed by atoms with E-state index < -0.39 is 20.0 Å². The van der Waals surface area contributed by atoms with E-state index in [2.05, 4.69) is 0 Å². The van der Waals surface area contributed by atoms with Gasteiger partial charge in [0.2, 0.25) is 20.0 Å². The van der Waals surface area contributed by atoms with Crippen LogP contribution in [0.4, 0.5) is 5.69 Å². The van der Waals surface area contributed by atoms with E-state index in [9.17, 15) is 16.8 Å². The van der Waals surface area contributed by atoms with Crippen molar-refractivity contribution in [2.75, 3.05) is 37.4 Å². The van der Waals surface area contributed by atoms with Crippen LogP contribution in [0.1, 0.15) is 35.1 Å². The first-order chi connectivity index (χ1) is 15.6. The lowest BCUT2D eigenvalue weighted by atomic mass is 10.0. The van der Waals surface area contributed by atoms with Gasteiger partial charge in [-0.2, -0.15) is 4.31 Å². The van der Waals surface area contributed by atoms with Gasteiger partial charge in [0.1, 0.15) is 0 Å². The highest BCUT2D eigenvalue weighted by atomic mass is 32.2. The van der Waals surface area contributed by atoms with Crippen LogP contribution in [0.15, 0.2) is 29.2 Å². The predicted molar refractivity (Wildman–Crippen MR) is 127 cm³/mol. The number of nitrogens with zero attached hydrogens (tertiary/aromatic N) is 2. The van der Waals surface area contributed by atoms with Crippen LogP contribution in [-0.2, 0) is 33.0 Å². The fourth-order valence-corrected chi connectivity index (χ4v) is 8.20. The average Bonchev–Trinajstić information content (AvgIpc) is 2.76. The summed E-state index contributed by atoms with van der Waals surface area (Å²) in [7, 11) is -4.03. The molecule has 0 radical (unpaired) electrons. The summed E-state index contributed by atoms with van der Waals surface area (Å²) in [4.78, 5) is 0.240. The predicted octanol–water partition coefficient (Wildman–Crippen LogP) is 3.00. The molecule has 2 heterocycles. The fraction of sp³-hybridized carbons (Fsp3) is 0.478. The molecule has 2 aromatic rings. The van der Waals surface area contributed by atoms with Gasteiger partial charge in [0.25, 0.3) is 0 Å².